The van der Waals surface area contributed by atoms with Crippen molar-refractivity contribution in [2.24, 2.45) is 11.8 Å². The molecule has 3 fully saturated rings. The number of fused-ring (bicyclic) bond motifs is 2. The molecule has 14 heavy (non-hydrogen) atoms. The monoisotopic (exact) mass is 213 g/mol. The third-order valence-electron chi connectivity index (χ3n) is 4.63. The van der Waals surface area contributed by atoms with Crippen molar-refractivity contribution in [3.05, 3.63) is 0 Å². The molecule has 2 aliphatic carbocycles. The average molecular weight is 214 g/mol. The highest BCUT2D eigenvalue weighted by atomic mass is 35.5. The Balaban J connectivity index is 1.61. The molecule has 1 aliphatic heterocycles. The summed E-state index contributed by atoms with van der Waals surface area (Å²) in [4.78, 5) is 2.74. The van der Waals surface area contributed by atoms with Gasteiger partial charge < -0.3 is 0 Å². The Bertz CT molecular complexity index is 210. The van der Waals surface area contributed by atoms with Gasteiger partial charge in [-0.3, -0.25) is 4.90 Å². The van der Waals surface area contributed by atoms with Crippen LogP contribution in [0.25, 0.3) is 0 Å². The summed E-state index contributed by atoms with van der Waals surface area (Å²) >= 11 is 6.14. The van der Waals surface area contributed by atoms with Gasteiger partial charge in [-0.1, -0.05) is 6.42 Å². The van der Waals surface area contributed by atoms with Gasteiger partial charge in [0.15, 0.2) is 0 Å². The van der Waals surface area contributed by atoms with Crippen molar-refractivity contribution in [3.63, 3.8) is 0 Å². The van der Waals surface area contributed by atoms with Gasteiger partial charge >= 0.3 is 0 Å². The molecule has 0 aromatic heterocycles. The normalized spacial score (nSPS) is 44.8. The van der Waals surface area contributed by atoms with E-state index in [0.29, 0.717) is 5.38 Å². The molecule has 2 bridgehead atoms. The molecule has 0 amide bonds. The Morgan fingerprint density at radius 1 is 0.929 bits per heavy atom. The average Bonchev–Trinajstić information content (AvgIpc) is 2.80. The molecular formula is C12H20ClN. The molecule has 0 spiro atoms. The van der Waals surface area contributed by atoms with Crippen LogP contribution in [0.3, 0.4) is 0 Å². The van der Waals surface area contributed by atoms with E-state index in [9.17, 15) is 0 Å². The van der Waals surface area contributed by atoms with E-state index in [0.717, 1.165) is 17.9 Å². The fourth-order valence-corrected chi connectivity index (χ4v) is 4.05. The zero-order valence-electron chi connectivity index (χ0n) is 8.79. The summed E-state index contributed by atoms with van der Waals surface area (Å²) < 4.78 is 0. The van der Waals surface area contributed by atoms with Gasteiger partial charge in [-0.15, -0.1) is 11.6 Å². The lowest BCUT2D eigenvalue weighted by molar-refractivity contribution is 0.120. The zero-order valence-corrected chi connectivity index (χ0v) is 9.55. The summed E-state index contributed by atoms with van der Waals surface area (Å²) in [6, 6.07) is 0.943. The second-order valence-corrected chi connectivity index (χ2v) is 6.07. The van der Waals surface area contributed by atoms with Crippen LogP contribution in [0.2, 0.25) is 0 Å². The first-order valence-electron chi connectivity index (χ1n) is 6.21. The van der Waals surface area contributed by atoms with E-state index in [2.05, 4.69) is 4.90 Å². The van der Waals surface area contributed by atoms with E-state index in [1.54, 1.807) is 0 Å². The fraction of sp³-hybridized carbons (Fsp3) is 1.00. The lowest BCUT2D eigenvalue weighted by Gasteiger charge is -2.38. The topological polar surface area (TPSA) is 3.24 Å². The number of alkyl halides is 1. The first-order chi connectivity index (χ1) is 6.83. The van der Waals surface area contributed by atoms with Crippen molar-refractivity contribution in [1.82, 2.24) is 4.90 Å². The summed E-state index contributed by atoms with van der Waals surface area (Å²) in [6.07, 6.45) is 8.50. The minimum atomic E-state index is 0.463. The van der Waals surface area contributed by atoms with Crippen LogP contribution in [0.4, 0.5) is 0 Å². The molecule has 3 aliphatic rings. The SMILES string of the molecule is ClC1CCN(C2CC3CCC2C3)CC1. The number of likely N-dealkylation sites (tertiary alicyclic amines) is 1. The summed E-state index contributed by atoms with van der Waals surface area (Å²) in [7, 11) is 0. The number of nitrogens with zero attached hydrogens (tertiary/aromatic N) is 1. The standard InChI is InChI=1S/C12H20ClN/c13-11-3-5-14(6-4-11)12-8-9-1-2-10(12)7-9/h9-12H,1-8H2. The maximum absolute atomic E-state index is 6.14. The van der Waals surface area contributed by atoms with Crippen molar-refractivity contribution in [2.45, 2.75) is 49.9 Å². The van der Waals surface area contributed by atoms with Crippen LogP contribution in [-0.2, 0) is 0 Å². The van der Waals surface area contributed by atoms with E-state index in [4.69, 9.17) is 11.6 Å². The Labute approximate surface area is 91.8 Å². The summed E-state index contributed by atoms with van der Waals surface area (Å²) in [5.41, 5.74) is 0. The first-order valence-corrected chi connectivity index (χ1v) is 6.64. The van der Waals surface area contributed by atoms with Crippen molar-refractivity contribution in [1.29, 1.82) is 0 Å². The Hall–Kier alpha value is 0.250. The second kappa shape index (κ2) is 3.68. The predicted molar refractivity (Wildman–Crippen MR) is 59.7 cm³/mol. The number of hydrogen-bond acceptors (Lipinski definition) is 1. The molecule has 0 aromatic carbocycles. The minimum Gasteiger partial charge on any atom is -0.300 e. The largest absolute Gasteiger partial charge is 0.300 e. The smallest absolute Gasteiger partial charge is 0.0360 e. The lowest BCUT2D eigenvalue weighted by Crippen LogP contribution is -2.44. The van der Waals surface area contributed by atoms with Crippen LogP contribution >= 0.6 is 11.6 Å². The van der Waals surface area contributed by atoms with Gasteiger partial charge in [-0.2, -0.15) is 0 Å². The molecular weight excluding hydrogens is 194 g/mol. The molecule has 80 valence electrons. The molecule has 3 atom stereocenters. The molecule has 0 radical (unpaired) electrons. The van der Waals surface area contributed by atoms with E-state index in [1.165, 1.54) is 51.6 Å². The minimum absolute atomic E-state index is 0.463. The first kappa shape index (κ1) is 9.47. The summed E-state index contributed by atoms with van der Waals surface area (Å²) in [5, 5.41) is 0.463. The Kier molecular flexibility index (Phi) is 2.49. The fourth-order valence-electron chi connectivity index (χ4n) is 3.86. The predicted octanol–water partition coefficient (Wildman–Crippen LogP) is 2.88. The lowest BCUT2D eigenvalue weighted by atomic mass is 9.92. The van der Waals surface area contributed by atoms with Crippen LogP contribution in [-0.4, -0.2) is 29.4 Å². The quantitative estimate of drug-likeness (QED) is 0.606. The molecule has 2 heteroatoms. The Morgan fingerprint density at radius 2 is 1.71 bits per heavy atom. The van der Waals surface area contributed by atoms with Gasteiger partial charge in [-0.25, -0.2) is 0 Å². The summed E-state index contributed by atoms with van der Waals surface area (Å²) in [5.74, 6) is 2.13. The van der Waals surface area contributed by atoms with Crippen LogP contribution < -0.4 is 0 Å². The van der Waals surface area contributed by atoms with Gasteiger partial charge in [-0.05, 0) is 57.0 Å². The third-order valence-corrected chi connectivity index (χ3v) is 5.07. The van der Waals surface area contributed by atoms with Crippen molar-refractivity contribution < 1.29 is 0 Å². The van der Waals surface area contributed by atoms with Crippen molar-refractivity contribution >= 4 is 11.6 Å². The molecule has 3 unspecified atom stereocenters. The van der Waals surface area contributed by atoms with Gasteiger partial charge in [0.25, 0.3) is 0 Å². The maximum atomic E-state index is 6.14. The second-order valence-electron chi connectivity index (χ2n) is 5.45. The highest BCUT2D eigenvalue weighted by molar-refractivity contribution is 6.20. The van der Waals surface area contributed by atoms with Crippen LogP contribution in [0.15, 0.2) is 0 Å². The van der Waals surface area contributed by atoms with Gasteiger partial charge in [0.2, 0.25) is 0 Å². The van der Waals surface area contributed by atoms with Crippen LogP contribution in [0.5, 0.6) is 0 Å². The van der Waals surface area contributed by atoms with Crippen molar-refractivity contribution in [3.8, 4) is 0 Å². The number of piperidine rings is 1. The van der Waals surface area contributed by atoms with Crippen LogP contribution in [0, 0.1) is 11.8 Å². The van der Waals surface area contributed by atoms with E-state index in [-0.39, 0.29) is 0 Å². The van der Waals surface area contributed by atoms with Gasteiger partial charge in [0, 0.05) is 11.4 Å². The van der Waals surface area contributed by atoms with Crippen molar-refractivity contribution in [2.75, 3.05) is 13.1 Å². The van der Waals surface area contributed by atoms with E-state index in [1.807, 2.05) is 0 Å². The van der Waals surface area contributed by atoms with Crippen LogP contribution in [0.1, 0.15) is 38.5 Å². The van der Waals surface area contributed by atoms with E-state index >= 15 is 0 Å². The molecule has 1 heterocycles. The molecule has 0 N–H and O–H groups in total. The molecule has 1 nitrogen and oxygen atoms in total. The molecule has 2 saturated carbocycles. The molecule has 3 rings (SSSR count). The zero-order chi connectivity index (χ0) is 9.54. The maximum Gasteiger partial charge on any atom is 0.0360 e. The molecule has 1 saturated heterocycles. The van der Waals surface area contributed by atoms with Gasteiger partial charge in [0.05, 0.1) is 0 Å². The highest BCUT2D eigenvalue weighted by Crippen LogP contribution is 2.47. The third kappa shape index (κ3) is 1.59. The number of rotatable bonds is 1. The Morgan fingerprint density at radius 3 is 2.29 bits per heavy atom. The van der Waals surface area contributed by atoms with Gasteiger partial charge in [0.1, 0.15) is 0 Å². The number of halogens is 1. The molecule has 0 aromatic rings. The highest BCUT2D eigenvalue weighted by Gasteiger charge is 2.42. The number of hydrogen-bond donors (Lipinski definition) is 0. The van der Waals surface area contributed by atoms with E-state index < -0.39 is 0 Å². The summed E-state index contributed by atoms with van der Waals surface area (Å²) in [6.45, 7) is 2.53.